The van der Waals surface area contributed by atoms with Crippen molar-refractivity contribution in [3.63, 3.8) is 0 Å². The van der Waals surface area contributed by atoms with Crippen molar-refractivity contribution < 1.29 is 13.9 Å². The van der Waals surface area contributed by atoms with Crippen molar-refractivity contribution in [2.45, 2.75) is 31.9 Å². The van der Waals surface area contributed by atoms with Gasteiger partial charge in [-0.2, -0.15) is 0 Å². The van der Waals surface area contributed by atoms with Crippen LogP contribution in [0.3, 0.4) is 0 Å². The Morgan fingerprint density at radius 1 is 1.79 bits per heavy atom. The van der Waals surface area contributed by atoms with Gasteiger partial charge in [-0.1, -0.05) is 0 Å². The van der Waals surface area contributed by atoms with Gasteiger partial charge in [0.15, 0.2) is 5.96 Å². The van der Waals surface area contributed by atoms with Crippen LogP contribution < -0.4 is 10.6 Å². The van der Waals surface area contributed by atoms with Gasteiger partial charge in [0.05, 0.1) is 13.1 Å². The molecule has 0 aromatic carbocycles. The molecule has 6 heteroatoms. The van der Waals surface area contributed by atoms with Gasteiger partial charge in [-0.3, -0.25) is 4.99 Å². The predicted molar refractivity (Wildman–Crippen MR) is 49.5 cm³/mol. The summed E-state index contributed by atoms with van der Waals surface area (Å²) in [6, 6.07) is 0.217. The van der Waals surface area contributed by atoms with E-state index in [1.165, 1.54) is 0 Å². The highest BCUT2D eigenvalue weighted by molar-refractivity contribution is 5.81. The minimum absolute atomic E-state index is 0.217. The molecule has 82 valence electrons. The van der Waals surface area contributed by atoms with Gasteiger partial charge in [0.2, 0.25) is 0 Å². The number of halogens is 2. The molecule has 0 aromatic heterocycles. The van der Waals surface area contributed by atoms with E-state index in [9.17, 15) is 13.9 Å². The zero-order valence-electron chi connectivity index (χ0n) is 8.22. The molecule has 1 aliphatic rings. The van der Waals surface area contributed by atoms with Crippen LogP contribution in [0.15, 0.2) is 4.99 Å². The first kappa shape index (κ1) is 11.2. The summed E-state index contributed by atoms with van der Waals surface area (Å²) in [5, 5.41) is 14.8. The van der Waals surface area contributed by atoms with Gasteiger partial charge in [0.1, 0.15) is 5.60 Å². The third-order valence-corrected chi connectivity index (χ3v) is 1.99. The Hall–Kier alpha value is -0.910. The third kappa shape index (κ3) is 2.80. The minimum atomic E-state index is -2.77. The summed E-state index contributed by atoms with van der Waals surface area (Å²) in [5.74, 6) is 0.471. The smallest absolute Gasteiger partial charge is 0.268 e. The van der Waals surface area contributed by atoms with Gasteiger partial charge < -0.3 is 15.7 Å². The fourth-order valence-electron chi connectivity index (χ4n) is 1.000. The molecule has 0 fully saturated rings. The summed E-state index contributed by atoms with van der Waals surface area (Å²) in [5.41, 5.74) is -2.02. The SMILES string of the molecule is CC1CN=C(NCC(C)(O)C(F)F)N1. The first-order chi connectivity index (χ1) is 6.42. The lowest BCUT2D eigenvalue weighted by atomic mass is 10.1. The second kappa shape index (κ2) is 4.08. The van der Waals surface area contributed by atoms with Gasteiger partial charge in [-0.15, -0.1) is 0 Å². The van der Waals surface area contributed by atoms with Crippen LogP contribution in [-0.4, -0.2) is 42.2 Å². The van der Waals surface area contributed by atoms with Crippen molar-refractivity contribution in [3.05, 3.63) is 0 Å². The number of aliphatic imine (C=N–C) groups is 1. The van der Waals surface area contributed by atoms with E-state index in [1.54, 1.807) is 0 Å². The highest BCUT2D eigenvalue weighted by Crippen LogP contribution is 2.13. The normalized spacial score (nSPS) is 25.6. The van der Waals surface area contributed by atoms with E-state index in [-0.39, 0.29) is 12.6 Å². The fraction of sp³-hybridized carbons (Fsp3) is 0.875. The van der Waals surface area contributed by atoms with E-state index in [2.05, 4.69) is 15.6 Å². The number of aliphatic hydroxyl groups is 1. The van der Waals surface area contributed by atoms with Crippen LogP contribution in [0.1, 0.15) is 13.8 Å². The lowest BCUT2D eigenvalue weighted by Gasteiger charge is -2.23. The maximum absolute atomic E-state index is 12.2. The lowest BCUT2D eigenvalue weighted by Crippen LogP contribution is -2.49. The van der Waals surface area contributed by atoms with E-state index >= 15 is 0 Å². The van der Waals surface area contributed by atoms with Crippen LogP contribution in [-0.2, 0) is 0 Å². The number of hydrogen-bond acceptors (Lipinski definition) is 4. The largest absolute Gasteiger partial charge is 0.382 e. The van der Waals surface area contributed by atoms with Gasteiger partial charge in [0, 0.05) is 6.04 Å². The van der Waals surface area contributed by atoms with E-state index < -0.39 is 12.0 Å². The summed E-state index contributed by atoms with van der Waals surface area (Å²) in [6.07, 6.45) is -2.77. The van der Waals surface area contributed by atoms with Crippen LogP contribution in [0.4, 0.5) is 8.78 Å². The zero-order chi connectivity index (χ0) is 10.8. The summed E-state index contributed by atoms with van der Waals surface area (Å²) >= 11 is 0. The van der Waals surface area contributed by atoms with Crippen molar-refractivity contribution in [2.75, 3.05) is 13.1 Å². The molecule has 0 radical (unpaired) electrons. The fourth-order valence-corrected chi connectivity index (χ4v) is 1.000. The summed E-state index contributed by atoms with van der Waals surface area (Å²) in [7, 11) is 0. The maximum atomic E-state index is 12.2. The second-order valence-electron chi connectivity index (χ2n) is 3.75. The summed E-state index contributed by atoms with van der Waals surface area (Å²) in [6.45, 7) is 3.43. The topological polar surface area (TPSA) is 56.7 Å². The van der Waals surface area contributed by atoms with E-state index in [0.717, 1.165) is 6.92 Å². The molecule has 3 N–H and O–H groups in total. The Kier molecular flexibility index (Phi) is 3.25. The first-order valence-electron chi connectivity index (χ1n) is 4.47. The van der Waals surface area contributed by atoms with Crippen molar-refractivity contribution in [2.24, 2.45) is 4.99 Å². The van der Waals surface area contributed by atoms with Crippen molar-refractivity contribution in [3.8, 4) is 0 Å². The Balaban J connectivity index is 2.34. The molecule has 14 heavy (non-hydrogen) atoms. The summed E-state index contributed by atoms with van der Waals surface area (Å²) < 4.78 is 24.4. The number of nitrogens with zero attached hydrogens (tertiary/aromatic N) is 1. The van der Waals surface area contributed by atoms with Crippen LogP contribution in [0.25, 0.3) is 0 Å². The molecule has 2 atom stereocenters. The van der Waals surface area contributed by atoms with Crippen molar-refractivity contribution >= 4 is 5.96 Å². The molecular formula is C8H15F2N3O. The van der Waals surface area contributed by atoms with E-state index in [4.69, 9.17) is 0 Å². The number of hydrogen-bond donors (Lipinski definition) is 3. The van der Waals surface area contributed by atoms with Gasteiger partial charge in [0.25, 0.3) is 6.43 Å². The molecule has 0 spiro atoms. The van der Waals surface area contributed by atoms with Crippen LogP contribution in [0.2, 0.25) is 0 Å². The molecule has 0 aromatic rings. The quantitative estimate of drug-likeness (QED) is 0.607. The standard InChI is InChI=1S/C8H15F2N3O/c1-5-3-11-7(13-5)12-4-8(2,14)6(9)10/h5-6,14H,3-4H2,1-2H3,(H2,11,12,13). The van der Waals surface area contributed by atoms with Crippen LogP contribution in [0, 0.1) is 0 Å². The Morgan fingerprint density at radius 3 is 2.86 bits per heavy atom. The molecule has 4 nitrogen and oxygen atoms in total. The molecule has 1 aliphatic heterocycles. The van der Waals surface area contributed by atoms with E-state index in [1.807, 2.05) is 6.92 Å². The second-order valence-corrected chi connectivity index (χ2v) is 3.75. The lowest BCUT2D eigenvalue weighted by molar-refractivity contribution is -0.0785. The molecule has 1 rings (SSSR count). The average molecular weight is 207 g/mol. The molecule has 0 saturated heterocycles. The molecular weight excluding hydrogens is 192 g/mol. The van der Waals surface area contributed by atoms with Crippen molar-refractivity contribution in [1.29, 1.82) is 0 Å². The Labute approximate surface area is 81.4 Å². The molecule has 0 amide bonds. The van der Waals surface area contributed by atoms with Crippen LogP contribution in [0.5, 0.6) is 0 Å². The Bertz CT molecular complexity index is 231. The zero-order valence-corrected chi connectivity index (χ0v) is 8.22. The highest BCUT2D eigenvalue weighted by atomic mass is 19.3. The molecule has 0 aliphatic carbocycles. The minimum Gasteiger partial charge on any atom is -0.382 e. The summed E-state index contributed by atoms with van der Waals surface area (Å²) in [4.78, 5) is 4.02. The average Bonchev–Trinajstić information content (AvgIpc) is 2.48. The highest BCUT2D eigenvalue weighted by Gasteiger charge is 2.32. The predicted octanol–water partition coefficient (Wildman–Crippen LogP) is -0.0602. The molecule has 0 saturated carbocycles. The number of rotatable bonds is 3. The maximum Gasteiger partial charge on any atom is 0.268 e. The van der Waals surface area contributed by atoms with E-state index in [0.29, 0.717) is 12.5 Å². The number of guanidine groups is 1. The van der Waals surface area contributed by atoms with Crippen LogP contribution >= 0.6 is 0 Å². The van der Waals surface area contributed by atoms with Gasteiger partial charge in [-0.25, -0.2) is 8.78 Å². The van der Waals surface area contributed by atoms with Crippen molar-refractivity contribution in [1.82, 2.24) is 10.6 Å². The number of alkyl halides is 2. The third-order valence-electron chi connectivity index (χ3n) is 1.99. The number of nitrogens with one attached hydrogen (secondary N) is 2. The molecule has 2 unspecified atom stereocenters. The van der Waals surface area contributed by atoms with Gasteiger partial charge >= 0.3 is 0 Å². The Morgan fingerprint density at radius 2 is 2.43 bits per heavy atom. The molecule has 1 heterocycles. The van der Waals surface area contributed by atoms with Gasteiger partial charge in [-0.05, 0) is 13.8 Å². The monoisotopic (exact) mass is 207 g/mol. The molecule has 0 bridgehead atoms. The first-order valence-corrected chi connectivity index (χ1v) is 4.47.